The molecule has 1 heterocycles. The van der Waals surface area contributed by atoms with Crippen molar-refractivity contribution in [3.05, 3.63) is 42.2 Å². The van der Waals surface area contributed by atoms with Gasteiger partial charge in [-0.2, -0.15) is 0 Å². The van der Waals surface area contributed by atoms with Crippen molar-refractivity contribution in [3.63, 3.8) is 0 Å². The highest BCUT2D eigenvalue weighted by atomic mass is 14.9. The predicted molar refractivity (Wildman–Crippen MR) is 73.2 cm³/mol. The second-order valence-electron chi connectivity index (χ2n) is 4.73. The molecule has 0 spiro atoms. The Bertz CT molecular complexity index is 472. The average Bonchev–Trinajstić information content (AvgIpc) is 2.34. The van der Waals surface area contributed by atoms with Crippen molar-refractivity contribution in [2.75, 3.05) is 6.54 Å². The van der Waals surface area contributed by atoms with Crippen LogP contribution in [0.1, 0.15) is 25.8 Å². The van der Waals surface area contributed by atoms with Gasteiger partial charge in [0.1, 0.15) is 0 Å². The monoisotopic (exact) mass is 228 g/mol. The molecular weight excluding hydrogens is 208 g/mol. The number of rotatable bonds is 5. The molecule has 1 aromatic heterocycles. The first kappa shape index (κ1) is 12.1. The van der Waals surface area contributed by atoms with Crippen molar-refractivity contribution in [1.29, 1.82) is 0 Å². The van der Waals surface area contributed by atoms with Gasteiger partial charge in [-0.05, 0) is 36.4 Å². The van der Waals surface area contributed by atoms with Crippen LogP contribution in [-0.2, 0) is 6.42 Å². The molecule has 2 rings (SSSR count). The zero-order valence-electron chi connectivity index (χ0n) is 10.6. The zero-order chi connectivity index (χ0) is 12.1. The fourth-order valence-electron chi connectivity index (χ4n) is 2.06. The summed E-state index contributed by atoms with van der Waals surface area (Å²) >= 11 is 0. The summed E-state index contributed by atoms with van der Waals surface area (Å²) in [5.41, 5.74) is 1.40. The first-order valence-electron chi connectivity index (χ1n) is 6.32. The quantitative estimate of drug-likeness (QED) is 0.795. The van der Waals surface area contributed by atoms with E-state index in [9.17, 15) is 0 Å². The van der Waals surface area contributed by atoms with Gasteiger partial charge in [-0.25, -0.2) is 0 Å². The summed E-state index contributed by atoms with van der Waals surface area (Å²) in [5, 5.41) is 6.03. The third-order valence-electron chi connectivity index (χ3n) is 2.95. The van der Waals surface area contributed by atoms with Crippen molar-refractivity contribution in [1.82, 2.24) is 10.3 Å². The van der Waals surface area contributed by atoms with Gasteiger partial charge in [0.15, 0.2) is 0 Å². The predicted octanol–water partition coefficient (Wildman–Crippen LogP) is 3.17. The molecule has 0 saturated heterocycles. The number of hydrogen-bond donors (Lipinski definition) is 1. The van der Waals surface area contributed by atoms with Crippen molar-refractivity contribution in [2.24, 2.45) is 0 Å². The van der Waals surface area contributed by atoms with Crippen LogP contribution in [0.2, 0.25) is 0 Å². The van der Waals surface area contributed by atoms with Crippen molar-refractivity contribution in [3.8, 4) is 0 Å². The Morgan fingerprint density at radius 1 is 1.24 bits per heavy atom. The molecule has 2 aromatic rings. The van der Waals surface area contributed by atoms with Gasteiger partial charge in [-0.1, -0.05) is 32.0 Å². The first-order valence-corrected chi connectivity index (χ1v) is 6.32. The van der Waals surface area contributed by atoms with E-state index in [2.05, 4.69) is 48.4 Å². The summed E-state index contributed by atoms with van der Waals surface area (Å²) in [6.45, 7) is 5.44. The van der Waals surface area contributed by atoms with E-state index < -0.39 is 0 Å². The number of aryl methyl sites for hydroxylation is 1. The number of nitrogens with zero attached hydrogens (tertiary/aromatic N) is 1. The Morgan fingerprint density at radius 3 is 2.94 bits per heavy atom. The van der Waals surface area contributed by atoms with Gasteiger partial charge in [-0.15, -0.1) is 0 Å². The SMILES string of the molecule is CC(C)NCCCc1cccc2ccncc12. The van der Waals surface area contributed by atoms with Crippen LogP contribution in [0.5, 0.6) is 0 Å². The minimum atomic E-state index is 0.573. The molecule has 0 unspecified atom stereocenters. The summed E-state index contributed by atoms with van der Waals surface area (Å²) in [6.07, 6.45) is 6.11. The Morgan fingerprint density at radius 2 is 2.12 bits per heavy atom. The van der Waals surface area contributed by atoms with Crippen molar-refractivity contribution >= 4 is 10.8 Å². The van der Waals surface area contributed by atoms with Crippen molar-refractivity contribution < 1.29 is 0 Å². The molecule has 0 atom stereocenters. The highest BCUT2D eigenvalue weighted by molar-refractivity contribution is 5.84. The van der Waals surface area contributed by atoms with E-state index in [0.29, 0.717) is 6.04 Å². The minimum Gasteiger partial charge on any atom is -0.315 e. The summed E-state index contributed by atoms with van der Waals surface area (Å²) in [5.74, 6) is 0. The molecule has 0 radical (unpaired) electrons. The van der Waals surface area contributed by atoms with E-state index in [1.165, 1.54) is 22.8 Å². The molecular formula is C15H20N2. The summed E-state index contributed by atoms with van der Waals surface area (Å²) < 4.78 is 0. The van der Waals surface area contributed by atoms with Crippen LogP contribution in [0.3, 0.4) is 0 Å². The topological polar surface area (TPSA) is 24.9 Å². The maximum atomic E-state index is 4.21. The van der Waals surface area contributed by atoms with Crippen molar-refractivity contribution in [2.45, 2.75) is 32.7 Å². The van der Waals surface area contributed by atoms with Gasteiger partial charge in [-0.3, -0.25) is 4.98 Å². The molecule has 2 nitrogen and oxygen atoms in total. The fraction of sp³-hybridized carbons (Fsp3) is 0.400. The Kier molecular flexibility index (Phi) is 4.10. The van der Waals surface area contributed by atoms with Crippen LogP contribution in [0.25, 0.3) is 10.8 Å². The average molecular weight is 228 g/mol. The fourth-order valence-corrected chi connectivity index (χ4v) is 2.06. The molecule has 0 saturated carbocycles. The standard InChI is InChI=1S/C15H20N2/c1-12(2)17-9-4-7-13-5-3-6-14-8-10-16-11-15(13)14/h3,5-6,8,10-12,17H,4,7,9H2,1-2H3. The summed E-state index contributed by atoms with van der Waals surface area (Å²) in [6, 6.07) is 9.13. The molecule has 90 valence electrons. The van der Waals surface area contributed by atoms with Crippen LogP contribution in [-0.4, -0.2) is 17.6 Å². The number of benzene rings is 1. The summed E-state index contributed by atoms with van der Waals surface area (Å²) in [7, 11) is 0. The third-order valence-corrected chi connectivity index (χ3v) is 2.95. The largest absolute Gasteiger partial charge is 0.315 e. The highest BCUT2D eigenvalue weighted by Crippen LogP contribution is 2.18. The Hall–Kier alpha value is -1.41. The molecule has 2 heteroatoms. The number of aromatic nitrogens is 1. The second-order valence-corrected chi connectivity index (χ2v) is 4.73. The molecule has 1 N–H and O–H groups in total. The van der Waals surface area contributed by atoms with Gasteiger partial charge in [0.25, 0.3) is 0 Å². The third kappa shape index (κ3) is 3.27. The highest BCUT2D eigenvalue weighted by Gasteiger charge is 2.00. The van der Waals surface area contributed by atoms with Gasteiger partial charge in [0.05, 0.1) is 0 Å². The molecule has 0 aliphatic rings. The normalized spacial score (nSPS) is 11.2. The van der Waals surface area contributed by atoms with E-state index in [1.807, 2.05) is 12.4 Å². The molecule has 0 fully saturated rings. The maximum absolute atomic E-state index is 4.21. The van der Waals surface area contributed by atoms with Gasteiger partial charge in [0, 0.05) is 23.8 Å². The number of pyridine rings is 1. The minimum absolute atomic E-state index is 0.573. The second kappa shape index (κ2) is 5.78. The number of fused-ring (bicyclic) bond motifs is 1. The lowest BCUT2D eigenvalue weighted by atomic mass is 10.0. The lowest BCUT2D eigenvalue weighted by molar-refractivity contribution is 0.571. The molecule has 0 bridgehead atoms. The maximum Gasteiger partial charge on any atom is 0.0349 e. The van der Waals surface area contributed by atoms with Gasteiger partial charge < -0.3 is 5.32 Å². The zero-order valence-corrected chi connectivity index (χ0v) is 10.6. The molecule has 1 aromatic carbocycles. The van der Waals surface area contributed by atoms with E-state index in [1.54, 1.807) is 0 Å². The van der Waals surface area contributed by atoms with Crippen LogP contribution in [0, 0.1) is 0 Å². The van der Waals surface area contributed by atoms with Crippen LogP contribution in [0.15, 0.2) is 36.7 Å². The molecule has 0 aliphatic carbocycles. The van der Waals surface area contributed by atoms with Gasteiger partial charge in [0.2, 0.25) is 0 Å². The number of hydrogen-bond acceptors (Lipinski definition) is 2. The molecule has 0 amide bonds. The van der Waals surface area contributed by atoms with E-state index >= 15 is 0 Å². The molecule has 0 aliphatic heterocycles. The smallest absolute Gasteiger partial charge is 0.0349 e. The van der Waals surface area contributed by atoms with Crippen LogP contribution < -0.4 is 5.32 Å². The lowest BCUT2D eigenvalue weighted by Crippen LogP contribution is -2.23. The lowest BCUT2D eigenvalue weighted by Gasteiger charge is -2.09. The number of nitrogens with one attached hydrogen (secondary N) is 1. The van der Waals surface area contributed by atoms with E-state index in [-0.39, 0.29) is 0 Å². The van der Waals surface area contributed by atoms with Gasteiger partial charge >= 0.3 is 0 Å². The Labute approximate surface area is 103 Å². The van der Waals surface area contributed by atoms with Crippen LogP contribution >= 0.6 is 0 Å². The Balaban J connectivity index is 2.03. The molecule has 17 heavy (non-hydrogen) atoms. The van der Waals surface area contributed by atoms with E-state index in [4.69, 9.17) is 0 Å². The first-order chi connectivity index (χ1) is 8.27. The van der Waals surface area contributed by atoms with E-state index in [0.717, 1.165) is 13.0 Å². The summed E-state index contributed by atoms with van der Waals surface area (Å²) in [4.78, 5) is 4.21. The van der Waals surface area contributed by atoms with Crippen LogP contribution in [0.4, 0.5) is 0 Å².